The van der Waals surface area contributed by atoms with Gasteiger partial charge in [0.25, 0.3) is 5.91 Å². The zero-order chi connectivity index (χ0) is 18.8. The molecule has 0 aliphatic rings. The van der Waals surface area contributed by atoms with E-state index in [1.165, 1.54) is 18.2 Å². The third-order valence-corrected chi connectivity index (χ3v) is 4.23. The molecule has 4 rings (SSSR count). The Morgan fingerprint density at radius 2 is 2.00 bits per heavy atom. The Balaban J connectivity index is 1.40. The molecule has 7 heteroatoms. The minimum absolute atomic E-state index is 0.172. The third kappa shape index (κ3) is 3.44. The number of hydrogen-bond donors (Lipinski definition) is 1. The van der Waals surface area contributed by atoms with Crippen LogP contribution in [0.5, 0.6) is 0 Å². The van der Waals surface area contributed by atoms with Crippen molar-refractivity contribution < 1.29 is 18.1 Å². The van der Waals surface area contributed by atoms with E-state index in [9.17, 15) is 9.18 Å². The Kier molecular flexibility index (Phi) is 4.42. The highest BCUT2D eigenvalue weighted by molar-refractivity contribution is 5.98. The van der Waals surface area contributed by atoms with Crippen molar-refractivity contribution in [2.24, 2.45) is 0 Å². The van der Waals surface area contributed by atoms with Crippen molar-refractivity contribution in [1.29, 1.82) is 0 Å². The zero-order valence-electron chi connectivity index (χ0n) is 14.5. The molecule has 0 radical (unpaired) electrons. The summed E-state index contributed by atoms with van der Waals surface area (Å²) in [7, 11) is 0. The fraction of sp³-hybridized carbons (Fsp3) is 0.150. The van der Waals surface area contributed by atoms with Crippen LogP contribution in [0, 0.1) is 12.7 Å². The van der Waals surface area contributed by atoms with Gasteiger partial charge < -0.3 is 14.3 Å². The van der Waals surface area contributed by atoms with E-state index in [-0.39, 0.29) is 17.5 Å². The summed E-state index contributed by atoms with van der Waals surface area (Å²) in [5.41, 5.74) is 1.94. The highest BCUT2D eigenvalue weighted by Gasteiger charge is 2.18. The number of benzene rings is 2. The fourth-order valence-electron chi connectivity index (χ4n) is 2.83. The van der Waals surface area contributed by atoms with Crippen LogP contribution in [0.4, 0.5) is 4.39 Å². The van der Waals surface area contributed by atoms with Crippen LogP contribution in [-0.4, -0.2) is 22.6 Å². The first-order chi connectivity index (χ1) is 13.1. The summed E-state index contributed by atoms with van der Waals surface area (Å²) >= 11 is 0. The number of furan rings is 1. The number of hydrogen-bond acceptors (Lipinski definition) is 5. The number of nitrogens with one attached hydrogen (secondary N) is 1. The fourth-order valence-corrected chi connectivity index (χ4v) is 2.83. The Bertz CT molecular complexity index is 1100. The number of fused-ring (bicyclic) bond motifs is 1. The summed E-state index contributed by atoms with van der Waals surface area (Å²) in [6.45, 7) is 2.03. The van der Waals surface area contributed by atoms with Crippen LogP contribution in [0.1, 0.15) is 22.0 Å². The smallest absolute Gasteiger partial charge is 0.287 e. The molecule has 2 aromatic carbocycles. The van der Waals surface area contributed by atoms with Crippen molar-refractivity contribution in [3.8, 4) is 11.4 Å². The van der Waals surface area contributed by atoms with Gasteiger partial charge in [0.15, 0.2) is 5.76 Å². The quantitative estimate of drug-likeness (QED) is 0.580. The molecule has 2 heterocycles. The highest BCUT2D eigenvalue weighted by Crippen LogP contribution is 2.25. The van der Waals surface area contributed by atoms with E-state index in [1.54, 1.807) is 6.92 Å². The van der Waals surface area contributed by atoms with Crippen LogP contribution in [0.25, 0.3) is 22.4 Å². The first kappa shape index (κ1) is 17.0. The lowest BCUT2D eigenvalue weighted by Crippen LogP contribution is -2.25. The van der Waals surface area contributed by atoms with Crippen LogP contribution in [-0.2, 0) is 6.42 Å². The molecule has 1 amide bonds. The molecular weight excluding hydrogens is 349 g/mol. The van der Waals surface area contributed by atoms with E-state index >= 15 is 0 Å². The van der Waals surface area contributed by atoms with Gasteiger partial charge in [0.1, 0.15) is 11.4 Å². The molecule has 0 atom stereocenters. The van der Waals surface area contributed by atoms with Gasteiger partial charge in [-0.3, -0.25) is 4.79 Å². The molecule has 4 aromatic rings. The number of halogens is 1. The molecule has 6 nitrogen and oxygen atoms in total. The molecule has 136 valence electrons. The van der Waals surface area contributed by atoms with Crippen molar-refractivity contribution in [2.75, 3.05) is 6.54 Å². The molecule has 1 N–H and O–H groups in total. The molecule has 0 saturated heterocycles. The number of aryl methyl sites for hydroxylation is 1. The molecule has 0 aliphatic carbocycles. The number of nitrogens with zero attached hydrogens (tertiary/aromatic N) is 2. The normalized spacial score (nSPS) is 11.0. The van der Waals surface area contributed by atoms with E-state index in [0.29, 0.717) is 41.2 Å². The largest absolute Gasteiger partial charge is 0.451 e. The number of amides is 1. The van der Waals surface area contributed by atoms with Crippen LogP contribution < -0.4 is 5.32 Å². The monoisotopic (exact) mass is 365 g/mol. The summed E-state index contributed by atoms with van der Waals surface area (Å²) in [6, 6.07) is 13.7. The Morgan fingerprint density at radius 3 is 2.81 bits per heavy atom. The second-order valence-corrected chi connectivity index (χ2v) is 6.08. The Hall–Kier alpha value is -3.48. The van der Waals surface area contributed by atoms with Gasteiger partial charge in [-0.25, -0.2) is 4.39 Å². The van der Waals surface area contributed by atoms with Gasteiger partial charge in [-0.15, -0.1) is 0 Å². The van der Waals surface area contributed by atoms with Crippen LogP contribution >= 0.6 is 0 Å². The average molecular weight is 365 g/mol. The molecule has 0 saturated carbocycles. The van der Waals surface area contributed by atoms with E-state index in [1.807, 2.05) is 30.3 Å². The Morgan fingerprint density at radius 1 is 1.19 bits per heavy atom. The van der Waals surface area contributed by atoms with Gasteiger partial charge in [-0.2, -0.15) is 4.98 Å². The average Bonchev–Trinajstić information content (AvgIpc) is 3.28. The lowest BCUT2D eigenvalue weighted by Gasteiger charge is -2.01. The molecule has 0 aliphatic heterocycles. The topological polar surface area (TPSA) is 81.2 Å². The minimum atomic E-state index is -0.371. The van der Waals surface area contributed by atoms with E-state index in [2.05, 4.69) is 15.5 Å². The summed E-state index contributed by atoms with van der Waals surface area (Å²) in [5.74, 6) is 0.367. The van der Waals surface area contributed by atoms with Crippen molar-refractivity contribution in [3.63, 3.8) is 0 Å². The van der Waals surface area contributed by atoms with Gasteiger partial charge in [0.05, 0.1) is 0 Å². The molecule has 27 heavy (non-hydrogen) atoms. The SMILES string of the molecule is Cc1c(C(=O)NCCc2nc(-c3ccccc3)no2)oc2ccc(F)cc12. The van der Waals surface area contributed by atoms with Crippen LogP contribution in [0.3, 0.4) is 0 Å². The molecule has 0 bridgehead atoms. The van der Waals surface area contributed by atoms with Crippen molar-refractivity contribution in [2.45, 2.75) is 13.3 Å². The van der Waals surface area contributed by atoms with Crippen molar-refractivity contribution in [1.82, 2.24) is 15.5 Å². The van der Waals surface area contributed by atoms with Crippen LogP contribution in [0.15, 0.2) is 57.5 Å². The van der Waals surface area contributed by atoms with Gasteiger partial charge in [0.2, 0.25) is 11.7 Å². The minimum Gasteiger partial charge on any atom is -0.451 e. The Labute approximate surface area is 154 Å². The maximum Gasteiger partial charge on any atom is 0.287 e. The van der Waals surface area contributed by atoms with E-state index in [4.69, 9.17) is 8.94 Å². The van der Waals surface area contributed by atoms with Gasteiger partial charge >= 0.3 is 0 Å². The number of carbonyl (C=O) groups excluding carboxylic acids is 1. The van der Waals surface area contributed by atoms with E-state index in [0.717, 1.165) is 5.56 Å². The second-order valence-electron chi connectivity index (χ2n) is 6.08. The summed E-state index contributed by atoms with van der Waals surface area (Å²) < 4.78 is 24.1. The molecular formula is C20H16FN3O3. The third-order valence-electron chi connectivity index (χ3n) is 4.23. The lowest BCUT2D eigenvalue weighted by molar-refractivity contribution is 0.0927. The number of carbonyl (C=O) groups is 1. The van der Waals surface area contributed by atoms with Crippen molar-refractivity contribution >= 4 is 16.9 Å². The maximum absolute atomic E-state index is 13.4. The first-order valence-electron chi connectivity index (χ1n) is 8.46. The molecule has 0 spiro atoms. The van der Waals surface area contributed by atoms with Gasteiger partial charge in [-0.05, 0) is 25.1 Å². The van der Waals surface area contributed by atoms with E-state index < -0.39 is 0 Å². The predicted molar refractivity (Wildman–Crippen MR) is 96.7 cm³/mol. The summed E-state index contributed by atoms with van der Waals surface area (Å²) in [6.07, 6.45) is 0.388. The highest BCUT2D eigenvalue weighted by atomic mass is 19.1. The number of rotatable bonds is 5. The van der Waals surface area contributed by atoms with Crippen LogP contribution in [0.2, 0.25) is 0 Å². The summed E-state index contributed by atoms with van der Waals surface area (Å²) in [4.78, 5) is 16.7. The first-order valence-corrected chi connectivity index (χ1v) is 8.46. The van der Waals surface area contributed by atoms with Crippen molar-refractivity contribution in [3.05, 3.63) is 71.6 Å². The maximum atomic E-state index is 13.4. The number of aromatic nitrogens is 2. The van der Waals surface area contributed by atoms with Gasteiger partial charge in [-0.1, -0.05) is 35.5 Å². The second kappa shape index (κ2) is 7.03. The molecule has 2 aromatic heterocycles. The standard InChI is InChI=1S/C20H16FN3O3/c1-12-15-11-14(21)7-8-16(15)26-18(12)20(25)22-10-9-17-23-19(24-27-17)13-5-3-2-4-6-13/h2-8,11H,9-10H2,1H3,(H,22,25). The summed E-state index contributed by atoms with van der Waals surface area (Å²) in [5, 5.41) is 7.29. The molecule has 0 fully saturated rings. The predicted octanol–water partition coefficient (Wildman–Crippen LogP) is 3.90. The zero-order valence-corrected chi connectivity index (χ0v) is 14.5. The van der Waals surface area contributed by atoms with Gasteiger partial charge in [0, 0.05) is 29.5 Å². The molecule has 0 unspecified atom stereocenters. The lowest BCUT2D eigenvalue weighted by atomic mass is 10.1.